The molecular formula is C13H19NO3. The van der Waals surface area contributed by atoms with Gasteiger partial charge in [-0.05, 0) is 44.5 Å². The van der Waals surface area contributed by atoms with Crippen molar-refractivity contribution in [1.29, 1.82) is 0 Å². The predicted octanol–water partition coefficient (Wildman–Crippen LogP) is 1.86. The molecule has 0 bridgehead atoms. The molecule has 1 aromatic carbocycles. The van der Waals surface area contributed by atoms with Gasteiger partial charge in [-0.2, -0.15) is 0 Å². The maximum Gasteiger partial charge on any atom is 0.252 e. The number of nitrogens with one attached hydrogen (secondary N) is 1. The fraction of sp³-hybridized carbons (Fsp3) is 0.462. The number of carbonyl (C=O) groups excluding carboxylic acids is 1. The average molecular weight is 237 g/mol. The number of benzene rings is 1. The lowest BCUT2D eigenvalue weighted by molar-refractivity contribution is 0.0819. The number of aromatic hydroxyl groups is 1. The molecule has 2 N–H and O–H groups in total. The highest BCUT2D eigenvalue weighted by Gasteiger charge is 2.21. The Morgan fingerprint density at radius 2 is 2.12 bits per heavy atom. The monoisotopic (exact) mass is 237 g/mol. The van der Waals surface area contributed by atoms with Gasteiger partial charge in [-0.15, -0.1) is 0 Å². The summed E-state index contributed by atoms with van der Waals surface area (Å²) < 4.78 is 5.04. The molecule has 0 unspecified atom stereocenters. The van der Waals surface area contributed by atoms with Crippen LogP contribution in [0.3, 0.4) is 0 Å². The van der Waals surface area contributed by atoms with E-state index < -0.39 is 5.54 Å². The largest absolute Gasteiger partial charge is 0.508 e. The van der Waals surface area contributed by atoms with Crippen molar-refractivity contribution in [3.05, 3.63) is 29.3 Å². The van der Waals surface area contributed by atoms with E-state index in [9.17, 15) is 9.90 Å². The minimum Gasteiger partial charge on any atom is -0.508 e. The van der Waals surface area contributed by atoms with Crippen molar-refractivity contribution in [1.82, 2.24) is 5.32 Å². The Hall–Kier alpha value is -1.55. The summed E-state index contributed by atoms with van der Waals surface area (Å²) in [6, 6.07) is 4.69. The van der Waals surface area contributed by atoms with Gasteiger partial charge in [-0.25, -0.2) is 0 Å². The molecule has 1 aromatic rings. The van der Waals surface area contributed by atoms with Crippen molar-refractivity contribution in [3.8, 4) is 5.75 Å². The Labute approximate surface area is 102 Å². The van der Waals surface area contributed by atoms with Crippen molar-refractivity contribution in [2.24, 2.45) is 0 Å². The molecule has 0 aliphatic rings. The summed E-state index contributed by atoms with van der Waals surface area (Å²) in [6.07, 6.45) is 0. The molecule has 0 atom stereocenters. The lowest BCUT2D eigenvalue weighted by Gasteiger charge is -2.25. The molecule has 1 rings (SSSR count). The van der Waals surface area contributed by atoms with Crippen LogP contribution in [0.1, 0.15) is 29.8 Å². The number of phenolic OH excluding ortho intramolecular Hbond substituents is 1. The number of hydrogen-bond acceptors (Lipinski definition) is 3. The van der Waals surface area contributed by atoms with Crippen LogP contribution in [-0.4, -0.2) is 30.3 Å². The van der Waals surface area contributed by atoms with Crippen LogP contribution in [0, 0.1) is 6.92 Å². The molecule has 94 valence electrons. The molecule has 0 aliphatic carbocycles. The second kappa shape index (κ2) is 5.19. The highest BCUT2D eigenvalue weighted by atomic mass is 16.5. The van der Waals surface area contributed by atoms with E-state index in [-0.39, 0.29) is 11.7 Å². The first-order valence-corrected chi connectivity index (χ1v) is 5.47. The number of ether oxygens (including phenoxy) is 1. The van der Waals surface area contributed by atoms with E-state index in [1.54, 1.807) is 26.2 Å². The summed E-state index contributed by atoms with van der Waals surface area (Å²) in [6.45, 7) is 6.02. The summed E-state index contributed by atoms with van der Waals surface area (Å²) in [4.78, 5) is 12.0. The van der Waals surface area contributed by atoms with Gasteiger partial charge in [0, 0.05) is 12.7 Å². The average Bonchev–Trinajstić information content (AvgIpc) is 2.15. The zero-order chi connectivity index (χ0) is 13.1. The van der Waals surface area contributed by atoms with Crippen LogP contribution < -0.4 is 5.32 Å². The van der Waals surface area contributed by atoms with Gasteiger partial charge in [0.1, 0.15) is 5.75 Å². The highest BCUT2D eigenvalue weighted by molar-refractivity contribution is 5.96. The third-order valence-corrected chi connectivity index (χ3v) is 2.41. The third-order valence-electron chi connectivity index (χ3n) is 2.41. The van der Waals surface area contributed by atoms with E-state index >= 15 is 0 Å². The number of hydrogen-bond donors (Lipinski definition) is 2. The van der Waals surface area contributed by atoms with Gasteiger partial charge in [-0.3, -0.25) is 4.79 Å². The van der Waals surface area contributed by atoms with Gasteiger partial charge in [-0.1, -0.05) is 0 Å². The number of amides is 1. The van der Waals surface area contributed by atoms with Gasteiger partial charge >= 0.3 is 0 Å². The van der Waals surface area contributed by atoms with Crippen LogP contribution in [0.5, 0.6) is 5.75 Å². The maximum absolute atomic E-state index is 12.0. The highest BCUT2D eigenvalue weighted by Crippen LogP contribution is 2.16. The van der Waals surface area contributed by atoms with Crippen molar-refractivity contribution in [3.63, 3.8) is 0 Å². The molecule has 4 nitrogen and oxygen atoms in total. The van der Waals surface area contributed by atoms with E-state index in [2.05, 4.69) is 5.32 Å². The summed E-state index contributed by atoms with van der Waals surface area (Å²) in [5, 5.41) is 12.2. The predicted molar refractivity (Wildman–Crippen MR) is 66.3 cm³/mol. The Bertz CT molecular complexity index is 413. The number of phenols is 1. The van der Waals surface area contributed by atoms with Crippen molar-refractivity contribution in [2.45, 2.75) is 26.3 Å². The number of carbonyl (C=O) groups is 1. The second-order valence-electron chi connectivity index (χ2n) is 4.77. The Kier molecular flexibility index (Phi) is 4.12. The van der Waals surface area contributed by atoms with E-state index in [1.165, 1.54) is 6.07 Å². The summed E-state index contributed by atoms with van der Waals surface area (Å²) in [5.41, 5.74) is 0.888. The molecule has 17 heavy (non-hydrogen) atoms. The zero-order valence-corrected chi connectivity index (χ0v) is 10.7. The molecular weight excluding hydrogens is 218 g/mol. The third kappa shape index (κ3) is 3.75. The van der Waals surface area contributed by atoms with Gasteiger partial charge < -0.3 is 15.2 Å². The number of aryl methyl sites for hydroxylation is 1. The molecule has 1 amide bonds. The Balaban J connectivity index is 2.83. The maximum atomic E-state index is 12.0. The fourth-order valence-electron chi connectivity index (χ4n) is 1.67. The Morgan fingerprint density at radius 1 is 1.47 bits per heavy atom. The number of methoxy groups -OCH3 is 1. The van der Waals surface area contributed by atoms with Gasteiger partial charge in [0.2, 0.25) is 0 Å². The molecule has 0 heterocycles. The fourth-order valence-corrected chi connectivity index (χ4v) is 1.67. The molecule has 0 aliphatic heterocycles. The minimum absolute atomic E-state index is 0.162. The van der Waals surface area contributed by atoms with Gasteiger partial charge in [0.25, 0.3) is 5.91 Å². The van der Waals surface area contributed by atoms with Gasteiger partial charge in [0.05, 0.1) is 12.1 Å². The van der Waals surface area contributed by atoms with Gasteiger partial charge in [0.15, 0.2) is 0 Å². The van der Waals surface area contributed by atoms with Crippen LogP contribution in [0.2, 0.25) is 0 Å². The van der Waals surface area contributed by atoms with Crippen LogP contribution in [0.25, 0.3) is 0 Å². The molecule has 0 saturated heterocycles. The molecule has 0 radical (unpaired) electrons. The topological polar surface area (TPSA) is 58.6 Å². The quantitative estimate of drug-likeness (QED) is 0.840. The summed E-state index contributed by atoms with van der Waals surface area (Å²) in [7, 11) is 1.60. The minimum atomic E-state index is -0.420. The van der Waals surface area contributed by atoms with E-state index in [0.29, 0.717) is 12.2 Å². The van der Waals surface area contributed by atoms with E-state index in [4.69, 9.17) is 4.74 Å². The first kappa shape index (κ1) is 13.5. The van der Waals surface area contributed by atoms with Crippen molar-refractivity contribution in [2.75, 3.05) is 13.7 Å². The lowest BCUT2D eigenvalue weighted by atomic mass is 10.0. The molecule has 0 saturated carbocycles. The molecule has 0 spiro atoms. The van der Waals surface area contributed by atoms with E-state index in [0.717, 1.165) is 5.56 Å². The SMILES string of the molecule is COCC(C)(C)NC(=O)c1ccc(O)cc1C. The van der Waals surface area contributed by atoms with Crippen LogP contribution in [0.15, 0.2) is 18.2 Å². The van der Waals surface area contributed by atoms with Crippen LogP contribution in [-0.2, 0) is 4.74 Å². The second-order valence-corrected chi connectivity index (χ2v) is 4.77. The van der Waals surface area contributed by atoms with E-state index in [1.807, 2.05) is 13.8 Å². The number of rotatable bonds is 4. The lowest BCUT2D eigenvalue weighted by Crippen LogP contribution is -2.46. The smallest absolute Gasteiger partial charge is 0.252 e. The van der Waals surface area contributed by atoms with Crippen LogP contribution >= 0.6 is 0 Å². The Morgan fingerprint density at radius 3 is 2.65 bits per heavy atom. The van der Waals surface area contributed by atoms with Crippen molar-refractivity contribution < 1.29 is 14.6 Å². The first-order chi connectivity index (χ1) is 7.85. The molecule has 4 heteroatoms. The summed E-state index contributed by atoms with van der Waals surface area (Å²) >= 11 is 0. The summed E-state index contributed by atoms with van der Waals surface area (Å²) in [5.74, 6) is -0.000230. The molecule has 0 aromatic heterocycles. The van der Waals surface area contributed by atoms with Crippen LogP contribution in [0.4, 0.5) is 0 Å². The standard InChI is InChI=1S/C13H19NO3/c1-9-7-10(15)5-6-11(9)12(16)14-13(2,3)8-17-4/h5-7,15H,8H2,1-4H3,(H,14,16). The molecule has 0 fully saturated rings. The first-order valence-electron chi connectivity index (χ1n) is 5.47. The normalized spacial score (nSPS) is 11.3. The zero-order valence-electron chi connectivity index (χ0n) is 10.7. The van der Waals surface area contributed by atoms with Crippen molar-refractivity contribution >= 4 is 5.91 Å².